The maximum atomic E-state index is 6.74. The predicted molar refractivity (Wildman–Crippen MR) is 207 cm³/mol. The standard InChI is InChI=1S/C49H34O/c1-5-17-35(18-6-1)39-29-40(36-19-7-2-8-20-36)32-43(31-39)49(45-25-13-15-27-47(45)50-48-28-16-14-26-46(48)49)44-33-41(37-21-9-3-10-22-37)30-42(34-44)38-23-11-4-12-24-38/h1-34H. The van der Waals surface area contributed by atoms with Crippen LogP contribution in [0, 0.1) is 0 Å². The van der Waals surface area contributed by atoms with Crippen LogP contribution in [0.25, 0.3) is 44.5 Å². The van der Waals surface area contributed by atoms with Crippen LogP contribution in [0.3, 0.4) is 0 Å². The van der Waals surface area contributed by atoms with Crippen LogP contribution in [0.5, 0.6) is 11.5 Å². The van der Waals surface area contributed by atoms with Gasteiger partial charge < -0.3 is 4.74 Å². The second kappa shape index (κ2) is 12.5. The van der Waals surface area contributed by atoms with E-state index in [1.807, 2.05) is 0 Å². The molecule has 0 spiro atoms. The third-order valence-corrected chi connectivity index (χ3v) is 9.96. The first-order valence-electron chi connectivity index (χ1n) is 17.2. The molecule has 0 N–H and O–H groups in total. The van der Waals surface area contributed by atoms with Crippen LogP contribution >= 0.6 is 0 Å². The van der Waals surface area contributed by atoms with E-state index in [2.05, 4.69) is 206 Å². The number of ether oxygens (including phenoxy) is 1. The van der Waals surface area contributed by atoms with Gasteiger partial charge in [0.05, 0.1) is 5.41 Å². The van der Waals surface area contributed by atoms with E-state index < -0.39 is 5.41 Å². The lowest BCUT2D eigenvalue weighted by Gasteiger charge is -2.42. The highest BCUT2D eigenvalue weighted by Gasteiger charge is 2.46. The Balaban J connectivity index is 1.45. The van der Waals surface area contributed by atoms with Crippen molar-refractivity contribution in [2.75, 3.05) is 0 Å². The van der Waals surface area contributed by atoms with E-state index in [4.69, 9.17) is 4.74 Å². The molecule has 1 heterocycles. The molecule has 0 radical (unpaired) electrons. The van der Waals surface area contributed by atoms with Gasteiger partial charge in [0.1, 0.15) is 11.5 Å². The second-order valence-electron chi connectivity index (χ2n) is 12.9. The number of hydrogen-bond acceptors (Lipinski definition) is 1. The smallest absolute Gasteiger partial charge is 0.132 e. The van der Waals surface area contributed by atoms with Gasteiger partial charge >= 0.3 is 0 Å². The van der Waals surface area contributed by atoms with Crippen LogP contribution < -0.4 is 4.74 Å². The first-order chi connectivity index (χ1) is 24.8. The van der Waals surface area contributed by atoms with Gasteiger partial charge in [-0.15, -0.1) is 0 Å². The fourth-order valence-electron chi connectivity index (χ4n) is 7.66. The Labute approximate surface area is 293 Å². The van der Waals surface area contributed by atoms with Crippen molar-refractivity contribution < 1.29 is 4.74 Å². The molecule has 8 aromatic rings. The lowest BCUT2D eigenvalue weighted by atomic mass is 9.62. The average Bonchev–Trinajstić information content (AvgIpc) is 3.21. The zero-order valence-corrected chi connectivity index (χ0v) is 27.5. The van der Waals surface area contributed by atoms with E-state index in [-0.39, 0.29) is 0 Å². The quantitative estimate of drug-likeness (QED) is 0.176. The van der Waals surface area contributed by atoms with E-state index in [1.54, 1.807) is 0 Å². The highest BCUT2D eigenvalue weighted by molar-refractivity contribution is 5.82. The molecule has 0 saturated carbocycles. The highest BCUT2D eigenvalue weighted by Crippen LogP contribution is 2.57. The number of benzene rings is 8. The molecule has 50 heavy (non-hydrogen) atoms. The molecule has 0 atom stereocenters. The molecule has 0 amide bonds. The van der Waals surface area contributed by atoms with Gasteiger partial charge in [-0.2, -0.15) is 0 Å². The summed E-state index contributed by atoms with van der Waals surface area (Å²) >= 11 is 0. The van der Waals surface area contributed by atoms with E-state index in [9.17, 15) is 0 Å². The molecule has 0 aliphatic carbocycles. The predicted octanol–water partition coefficient (Wildman–Crippen LogP) is 12.8. The molecule has 236 valence electrons. The largest absolute Gasteiger partial charge is 0.457 e. The van der Waals surface area contributed by atoms with Crippen molar-refractivity contribution in [2.45, 2.75) is 5.41 Å². The van der Waals surface area contributed by atoms with E-state index >= 15 is 0 Å². The maximum absolute atomic E-state index is 6.74. The number of hydrogen-bond donors (Lipinski definition) is 0. The van der Waals surface area contributed by atoms with E-state index in [0.717, 1.165) is 22.6 Å². The first-order valence-corrected chi connectivity index (χ1v) is 17.2. The van der Waals surface area contributed by atoms with Crippen LogP contribution in [0.4, 0.5) is 0 Å². The summed E-state index contributed by atoms with van der Waals surface area (Å²) in [6.07, 6.45) is 0. The molecule has 0 fully saturated rings. The molecule has 8 aromatic carbocycles. The lowest BCUT2D eigenvalue weighted by Crippen LogP contribution is -2.34. The summed E-state index contributed by atoms with van der Waals surface area (Å²) in [7, 11) is 0. The summed E-state index contributed by atoms with van der Waals surface area (Å²) in [5, 5.41) is 0. The van der Waals surface area contributed by atoms with Crippen molar-refractivity contribution in [3.8, 4) is 56.0 Å². The fraction of sp³-hybridized carbons (Fsp3) is 0.0204. The van der Waals surface area contributed by atoms with Gasteiger partial charge in [0.15, 0.2) is 0 Å². The van der Waals surface area contributed by atoms with Crippen LogP contribution in [-0.2, 0) is 5.41 Å². The van der Waals surface area contributed by atoms with Crippen molar-refractivity contribution in [3.05, 3.63) is 229 Å². The van der Waals surface area contributed by atoms with Gasteiger partial charge in [-0.3, -0.25) is 0 Å². The maximum Gasteiger partial charge on any atom is 0.132 e. The Kier molecular flexibility index (Phi) is 7.44. The molecule has 0 bridgehead atoms. The zero-order chi connectivity index (χ0) is 33.3. The summed E-state index contributed by atoms with van der Waals surface area (Å²) < 4.78 is 6.74. The molecule has 1 heteroatoms. The third-order valence-electron chi connectivity index (χ3n) is 9.96. The Morgan fingerprint density at radius 3 is 0.860 bits per heavy atom. The van der Waals surface area contributed by atoms with Crippen LogP contribution in [0.1, 0.15) is 22.3 Å². The fourth-order valence-corrected chi connectivity index (χ4v) is 7.66. The van der Waals surface area contributed by atoms with Crippen molar-refractivity contribution in [1.82, 2.24) is 0 Å². The SMILES string of the molecule is c1ccc(-c2cc(-c3ccccc3)cc(C3(c4cc(-c5ccccc5)cc(-c5ccccc5)c4)c4ccccc4Oc4ccccc43)c2)cc1. The number of rotatable bonds is 6. The van der Waals surface area contributed by atoms with Gasteiger partial charge in [-0.05, 0) is 104 Å². The van der Waals surface area contributed by atoms with Gasteiger partial charge in [0, 0.05) is 11.1 Å². The van der Waals surface area contributed by atoms with Gasteiger partial charge in [0.2, 0.25) is 0 Å². The highest BCUT2D eigenvalue weighted by atomic mass is 16.5. The lowest BCUT2D eigenvalue weighted by molar-refractivity contribution is 0.434. The van der Waals surface area contributed by atoms with Gasteiger partial charge in [0.25, 0.3) is 0 Å². The number of para-hydroxylation sites is 2. The monoisotopic (exact) mass is 638 g/mol. The van der Waals surface area contributed by atoms with Gasteiger partial charge in [-0.25, -0.2) is 0 Å². The van der Waals surface area contributed by atoms with Crippen molar-refractivity contribution in [2.24, 2.45) is 0 Å². The minimum absolute atomic E-state index is 0.714. The summed E-state index contributed by atoms with van der Waals surface area (Å²) in [5.41, 5.74) is 13.3. The Morgan fingerprint density at radius 1 is 0.260 bits per heavy atom. The Hall–Kier alpha value is -6.44. The summed E-state index contributed by atoms with van der Waals surface area (Å²) in [5.74, 6) is 1.73. The molecule has 0 aromatic heterocycles. The molecule has 1 aliphatic rings. The molecule has 0 saturated heterocycles. The number of fused-ring (bicyclic) bond motifs is 2. The zero-order valence-electron chi connectivity index (χ0n) is 27.5. The average molecular weight is 639 g/mol. The summed E-state index contributed by atoms with van der Waals surface area (Å²) in [4.78, 5) is 0. The van der Waals surface area contributed by atoms with E-state index in [1.165, 1.54) is 55.6 Å². The van der Waals surface area contributed by atoms with Crippen molar-refractivity contribution in [1.29, 1.82) is 0 Å². The summed E-state index contributed by atoms with van der Waals surface area (Å²) in [6.45, 7) is 0. The molecular formula is C49H34O. The van der Waals surface area contributed by atoms with Crippen LogP contribution in [0.15, 0.2) is 206 Å². The van der Waals surface area contributed by atoms with E-state index in [0.29, 0.717) is 0 Å². The molecule has 0 unspecified atom stereocenters. The van der Waals surface area contributed by atoms with Crippen molar-refractivity contribution >= 4 is 0 Å². The van der Waals surface area contributed by atoms with Crippen molar-refractivity contribution in [3.63, 3.8) is 0 Å². The van der Waals surface area contributed by atoms with Crippen LogP contribution in [-0.4, -0.2) is 0 Å². The molecule has 1 nitrogen and oxygen atoms in total. The topological polar surface area (TPSA) is 9.23 Å². The Morgan fingerprint density at radius 2 is 0.540 bits per heavy atom. The molecule has 1 aliphatic heterocycles. The second-order valence-corrected chi connectivity index (χ2v) is 12.9. The third kappa shape index (κ3) is 5.12. The molecular weight excluding hydrogens is 605 g/mol. The minimum Gasteiger partial charge on any atom is -0.457 e. The normalized spacial score (nSPS) is 12.7. The van der Waals surface area contributed by atoms with Gasteiger partial charge in [-0.1, -0.05) is 158 Å². The first kappa shape index (κ1) is 29.7. The summed E-state index contributed by atoms with van der Waals surface area (Å²) in [6, 6.07) is 74.3. The Bertz CT molecular complexity index is 2140. The minimum atomic E-state index is -0.714. The van der Waals surface area contributed by atoms with Crippen LogP contribution in [0.2, 0.25) is 0 Å². The molecule has 9 rings (SSSR count).